The van der Waals surface area contributed by atoms with Crippen LogP contribution in [-0.2, 0) is 14.1 Å². The van der Waals surface area contributed by atoms with Gasteiger partial charge < -0.3 is 10.2 Å². The molecule has 1 aliphatic heterocycles. The van der Waals surface area contributed by atoms with Gasteiger partial charge in [-0.15, -0.1) is 5.10 Å². The highest BCUT2D eigenvalue weighted by Gasteiger charge is 2.19. The van der Waals surface area contributed by atoms with Crippen molar-refractivity contribution in [2.75, 3.05) is 31.6 Å². The number of anilines is 1. The van der Waals surface area contributed by atoms with E-state index in [1.807, 2.05) is 11.9 Å². The highest BCUT2D eigenvalue weighted by atomic mass is 16.2. The molecule has 0 amide bonds. The monoisotopic (exact) mass is 267 g/mol. The summed E-state index contributed by atoms with van der Waals surface area (Å²) in [5.41, 5.74) is -0.740. The van der Waals surface area contributed by atoms with Gasteiger partial charge in [0.25, 0.3) is 5.56 Å². The fraction of sp³-hybridized carbons (Fsp3) is 0.750. The molecule has 2 rings (SSSR count). The molecule has 0 radical (unpaired) electrons. The molecule has 1 N–H and O–H groups in total. The Kier molecular flexibility index (Phi) is 4.04. The van der Waals surface area contributed by atoms with Crippen LogP contribution in [-0.4, -0.2) is 41.0 Å². The van der Waals surface area contributed by atoms with Gasteiger partial charge in [0.1, 0.15) is 0 Å². The van der Waals surface area contributed by atoms with Crippen molar-refractivity contribution in [1.29, 1.82) is 0 Å². The van der Waals surface area contributed by atoms with Gasteiger partial charge in [0, 0.05) is 27.7 Å². The molecule has 106 valence electrons. The smallest absolute Gasteiger partial charge is 0.346 e. The summed E-state index contributed by atoms with van der Waals surface area (Å²) in [6.45, 7) is 2.81. The first-order chi connectivity index (χ1) is 9.00. The van der Waals surface area contributed by atoms with Crippen molar-refractivity contribution < 1.29 is 0 Å². The van der Waals surface area contributed by atoms with Gasteiger partial charge in [0.2, 0.25) is 5.82 Å². The Balaban J connectivity index is 2.21. The molecule has 0 spiro atoms. The number of nitrogens with zero attached hydrogens (tertiary/aromatic N) is 4. The molecular formula is C12H21N5O2. The minimum absolute atomic E-state index is 0.329. The number of aryl methyl sites for hydroxylation is 1. The van der Waals surface area contributed by atoms with Gasteiger partial charge in [0.15, 0.2) is 0 Å². The predicted molar refractivity (Wildman–Crippen MR) is 73.6 cm³/mol. The summed E-state index contributed by atoms with van der Waals surface area (Å²) < 4.78 is 2.30. The zero-order valence-electron chi connectivity index (χ0n) is 11.7. The third-order valence-corrected chi connectivity index (χ3v) is 3.60. The summed E-state index contributed by atoms with van der Waals surface area (Å²) in [7, 11) is 4.88. The molecule has 1 aliphatic rings. The first-order valence-electron chi connectivity index (χ1n) is 6.57. The molecule has 0 saturated carbocycles. The maximum absolute atomic E-state index is 12.1. The lowest BCUT2D eigenvalue weighted by Crippen LogP contribution is -2.44. The fourth-order valence-electron chi connectivity index (χ4n) is 2.47. The van der Waals surface area contributed by atoms with Crippen LogP contribution in [0.1, 0.15) is 12.8 Å². The Morgan fingerprint density at radius 3 is 2.79 bits per heavy atom. The average Bonchev–Trinajstić information content (AvgIpc) is 2.41. The van der Waals surface area contributed by atoms with Crippen molar-refractivity contribution in [1.82, 2.24) is 19.7 Å². The standard InChI is InChI=1S/C12H21N5O2/c1-15(8-9-5-4-6-13-7-9)10-11(18)16(2)12(19)17(3)14-10/h9,13H,4-8H2,1-3H3. The Hall–Kier alpha value is -1.63. The van der Waals surface area contributed by atoms with E-state index in [1.54, 1.807) is 7.05 Å². The van der Waals surface area contributed by atoms with Crippen molar-refractivity contribution in [3.63, 3.8) is 0 Å². The zero-order valence-corrected chi connectivity index (χ0v) is 11.7. The first-order valence-corrected chi connectivity index (χ1v) is 6.57. The van der Waals surface area contributed by atoms with Crippen LogP contribution in [0.15, 0.2) is 9.59 Å². The maximum atomic E-state index is 12.1. The summed E-state index contributed by atoms with van der Waals surface area (Å²) in [5.74, 6) is 0.845. The van der Waals surface area contributed by atoms with E-state index in [9.17, 15) is 9.59 Å². The summed E-state index contributed by atoms with van der Waals surface area (Å²) in [5, 5.41) is 7.43. The van der Waals surface area contributed by atoms with Crippen molar-refractivity contribution in [3.8, 4) is 0 Å². The molecular weight excluding hydrogens is 246 g/mol. The van der Waals surface area contributed by atoms with E-state index in [4.69, 9.17) is 0 Å². The summed E-state index contributed by atoms with van der Waals surface area (Å²) in [6, 6.07) is 0. The van der Waals surface area contributed by atoms with Gasteiger partial charge in [-0.2, -0.15) is 0 Å². The molecule has 7 heteroatoms. The second-order valence-corrected chi connectivity index (χ2v) is 5.19. The van der Waals surface area contributed by atoms with E-state index in [-0.39, 0.29) is 5.56 Å². The second kappa shape index (κ2) is 5.56. The van der Waals surface area contributed by atoms with Gasteiger partial charge in [-0.1, -0.05) is 0 Å². The van der Waals surface area contributed by atoms with E-state index in [1.165, 1.54) is 11.7 Å². The Morgan fingerprint density at radius 1 is 1.42 bits per heavy atom. The molecule has 1 aromatic rings. The molecule has 1 unspecified atom stereocenters. The van der Waals surface area contributed by atoms with Crippen molar-refractivity contribution in [3.05, 3.63) is 20.8 Å². The topological polar surface area (TPSA) is 72.2 Å². The molecule has 7 nitrogen and oxygen atoms in total. The molecule has 0 aromatic carbocycles. The predicted octanol–water partition coefficient (Wildman–Crippen LogP) is -1.09. The Bertz CT molecular complexity index is 556. The van der Waals surface area contributed by atoms with E-state index < -0.39 is 5.69 Å². The molecule has 0 aliphatic carbocycles. The molecule has 1 fully saturated rings. The van der Waals surface area contributed by atoms with E-state index in [2.05, 4.69) is 10.4 Å². The number of hydrogen-bond acceptors (Lipinski definition) is 5. The number of rotatable bonds is 3. The molecule has 0 bridgehead atoms. The molecule has 1 aromatic heterocycles. The van der Waals surface area contributed by atoms with Crippen molar-refractivity contribution in [2.24, 2.45) is 20.0 Å². The van der Waals surface area contributed by atoms with Crippen molar-refractivity contribution >= 4 is 5.82 Å². The lowest BCUT2D eigenvalue weighted by Gasteiger charge is -2.27. The summed E-state index contributed by atoms with van der Waals surface area (Å²) in [6.07, 6.45) is 2.32. The average molecular weight is 267 g/mol. The third-order valence-electron chi connectivity index (χ3n) is 3.60. The lowest BCUT2D eigenvalue weighted by atomic mass is 9.99. The van der Waals surface area contributed by atoms with E-state index in [0.29, 0.717) is 11.7 Å². The number of piperidine rings is 1. The quantitative estimate of drug-likeness (QED) is 0.754. The number of nitrogens with one attached hydrogen (secondary N) is 1. The maximum Gasteiger partial charge on any atom is 0.346 e. The SMILES string of the molecule is CN(CC1CCCNC1)c1nn(C)c(=O)n(C)c1=O. The van der Waals surface area contributed by atoms with E-state index in [0.717, 1.165) is 37.0 Å². The van der Waals surface area contributed by atoms with Gasteiger partial charge >= 0.3 is 5.69 Å². The largest absolute Gasteiger partial charge is 0.353 e. The normalized spacial score (nSPS) is 19.4. The highest BCUT2D eigenvalue weighted by Crippen LogP contribution is 2.12. The third kappa shape index (κ3) is 2.86. The van der Waals surface area contributed by atoms with Crippen LogP contribution in [0.25, 0.3) is 0 Å². The minimum Gasteiger partial charge on any atom is -0.353 e. The lowest BCUT2D eigenvalue weighted by molar-refractivity contribution is 0.379. The molecule has 1 saturated heterocycles. The number of aromatic nitrogens is 3. The van der Waals surface area contributed by atoms with Crippen LogP contribution in [0, 0.1) is 5.92 Å². The summed E-state index contributed by atoms with van der Waals surface area (Å²) >= 11 is 0. The summed E-state index contributed by atoms with van der Waals surface area (Å²) in [4.78, 5) is 25.5. The zero-order chi connectivity index (χ0) is 14.0. The Morgan fingerprint density at radius 2 is 2.16 bits per heavy atom. The molecule has 19 heavy (non-hydrogen) atoms. The second-order valence-electron chi connectivity index (χ2n) is 5.19. The van der Waals surface area contributed by atoms with Gasteiger partial charge in [-0.3, -0.25) is 9.36 Å². The van der Waals surface area contributed by atoms with Crippen LogP contribution in [0.2, 0.25) is 0 Å². The van der Waals surface area contributed by atoms with Gasteiger partial charge in [-0.05, 0) is 31.8 Å². The van der Waals surface area contributed by atoms with Crippen LogP contribution in [0.4, 0.5) is 5.82 Å². The fourth-order valence-corrected chi connectivity index (χ4v) is 2.47. The van der Waals surface area contributed by atoms with Gasteiger partial charge in [0.05, 0.1) is 0 Å². The Labute approximate surface area is 111 Å². The number of hydrogen-bond donors (Lipinski definition) is 1. The van der Waals surface area contributed by atoms with Crippen LogP contribution in [0.5, 0.6) is 0 Å². The van der Waals surface area contributed by atoms with Crippen LogP contribution in [0.3, 0.4) is 0 Å². The molecule has 1 atom stereocenters. The minimum atomic E-state index is -0.401. The van der Waals surface area contributed by atoms with Gasteiger partial charge in [-0.25, -0.2) is 9.48 Å². The molecule has 2 heterocycles. The van der Waals surface area contributed by atoms with Crippen LogP contribution >= 0.6 is 0 Å². The van der Waals surface area contributed by atoms with Crippen LogP contribution < -0.4 is 21.5 Å². The highest BCUT2D eigenvalue weighted by molar-refractivity contribution is 5.33. The van der Waals surface area contributed by atoms with E-state index >= 15 is 0 Å². The van der Waals surface area contributed by atoms with Crippen molar-refractivity contribution in [2.45, 2.75) is 12.8 Å². The first kappa shape index (κ1) is 13.8.